The number of morpholine rings is 1. The standard InChI is InChI=1S/C18H27N3O4S/c1-2-15-5-7-17(8-6-15)19-18(22)16-4-3-9-21(14-16)26(23,24)20-10-12-25-13-11-20/h5-8,16H,2-4,9-14H2,1H3,(H,19,22). The number of carbonyl (C=O) groups is 1. The number of carbonyl (C=O) groups excluding carboxylic acids is 1. The van der Waals surface area contributed by atoms with Gasteiger partial charge in [0.2, 0.25) is 5.91 Å². The summed E-state index contributed by atoms with van der Waals surface area (Å²) in [6, 6.07) is 7.76. The maximum absolute atomic E-state index is 12.8. The number of piperidine rings is 1. The van der Waals surface area contributed by atoms with Gasteiger partial charge in [0.1, 0.15) is 0 Å². The van der Waals surface area contributed by atoms with Gasteiger partial charge in [0.25, 0.3) is 10.2 Å². The molecule has 8 heteroatoms. The highest BCUT2D eigenvalue weighted by Gasteiger charge is 2.36. The molecule has 144 valence electrons. The minimum Gasteiger partial charge on any atom is -0.379 e. The molecule has 1 aromatic carbocycles. The molecular weight excluding hydrogens is 354 g/mol. The summed E-state index contributed by atoms with van der Waals surface area (Å²) in [5, 5.41) is 2.92. The van der Waals surface area contributed by atoms with Crippen LogP contribution in [0.3, 0.4) is 0 Å². The van der Waals surface area contributed by atoms with Crippen molar-refractivity contribution in [3.8, 4) is 0 Å². The lowest BCUT2D eigenvalue weighted by molar-refractivity contribution is -0.120. The first-order valence-electron chi connectivity index (χ1n) is 9.23. The second-order valence-corrected chi connectivity index (χ2v) is 8.68. The molecule has 0 spiro atoms. The molecule has 1 unspecified atom stereocenters. The number of hydrogen-bond acceptors (Lipinski definition) is 4. The van der Waals surface area contributed by atoms with Crippen molar-refractivity contribution in [2.24, 2.45) is 5.92 Å². The Labute approximate surface area is 155 Å². The molecular formula is C18H27N3O4S. The predicted molar refractivity (Wildman–Crippen MR) is 100 cm³/mol. The topological polar surface area (TPSA) is 79.0 Å². The minimum absolute atomic E-state index is 0.115. The van der Waals surface area contributed by atoms with Crippen LogP contribution < -0.4 is 5.32 Å². The van der Waals surface area contributed by atoms with Crippen LogP contribution in [0.5, 0.6) is 0 Å². The maximum Gasteiger partial charge on any atom is 0.282 e. The Morgan fingerprint density at radius 1 is 1.15 bits per heavy atom. The molecule has 2 saturated heterocycles. The molecule has 26 heavy (non-hydrogen) atoms. The van der Waals surface area contributed by atoms with Gasteiger partial charge < -0.3 is 10.1 Å². The quantitative estimate of drug-likeness (QED) is 0.838. The van der Waals surface area contributed by atoms with Crippen molar-refractivity contribution in [3.05, 3.63) is 29.8 Å². The van der Waals surface area contributed by atoms with Crippen LogP contribution in [-0.4, -0.2) is 62.3 Å². The summed E-state index contributed by atoms with van der Waals surface area (Å²) in [5.41, 5.74) is 1.96. The summed E-state index contributed by atoms with van der Waals surface area (Å²) in [7, 11) is -3.53. The Morgan fingerprint density at radius 3 is 2.50 bits per heavy atom. The van der Waals surface area contributed by atoms with Crippen LogP contribution in [-0.2, 0) is 26.2 Å². The number of hydrogen-bond donors (Lipinski definition) is 1. The number of ether oxygens (including phenoxy) is 1. The van der Waals surface area contributed by atoms with E-state index in [2.05, 4.69) is 12.2 Å². The lowest BCUT2D eigenvalue weighted by Crippen LogP contribution is -2.52. The number of benzene rings is 1. The smallest absolute Gasteiger partial charge is 0.282 e. The highest BCUT2D eigenvalue weighted by atomic mass is 32.2. The molecule has 1 aromatic rings. The summed E-state index contributed by atoms with van der Waals surface area (Å²) >= 11 is 0. The molecule has 2 fully saturated rings. The van der Waals surface area contributed by atoms with E-state index in [0.29, 0.717) is 45.7 Å². The molecule has 0 saturated carbocycles. The monoisotopic (exact) mass is 381 g/mol. The van der Waals surface area contributed by atoms with Gasteiger partial charge >= 0.3 is 0 Å². The first-order valence-corrected chi connectivity index (χ1v) is 10.6. The molecule has 1 N–H and O–H groups in total. The fourth-order valence-corrected chi connectivity index (χ4v) is 5.04. The lowest BCUT2D eigenvalue weighted by Gasteiger charge is -2.36. The number of nitrogens with zero attached hydrogens (tertiary/aromatic N) is 2. The third-order valence-corrected chi connectivity index (χ3v) is 7.01. The largest absolute Gasteiger partial charge is 0.379 e. The second kappa shape index (κ2) is 8.47. The first kappa shape index (κ1) is 19.3. The van der Waals surface area contributed by atoms with E-state index in [1.54, 1.807) is 0 Å². The van der Waals surface area contributed by atoms with Crippen molar-refractivity contribution in [3.63, 3.8) is 0 Å². The van der Waals surface area contributed by atoms with Gasteiger partial charge in [-0.3, -0.25) is 4.79 Å². The average Bonchev–Trinajstić information content (AvgIpc) is 2.69. The zero-order chi connectivity index (χ0) is 18.6. The third-order valence-electron chi connectivity index (χ3n) is 5.01. The summed E-state index contributed by atoms with van der Waals surface area (Å²) < 4.78 is 33.7. The Kier molecular flexibility index (Phi) is 6.29. The van der Waals surface area contributed by atoms with E-state index in [9.17, 15) is 13.2 Å². The number of anilines is 1. The van der Waals surface area contributed by atoms with Crippen molar-refractivity contribution >= 4 is 21.8 Å². The van der Waals surface area contributed by atoms with Crippen molar-refractivity contribution in [2.75, 3.05) is 44.7 Å². The van der Waals surface area contributed by atoms with Crippen molar-refractivity contribution in [1.82, 2.24) is 8.61 Å². The normalized spacial score (nSPS) is 22.9. The zero-order valence-corrected chi connectivity index (χ0v) is 16.0. The van der Waals surface area contributed by atoms with Crippen LogP contribution >= 0.6 is 0 Å². The first-order chi connectivity index (χ1) is 12.5. The summed E-state index contributed by atoms with van der Waals surface area (Å²) in [4.78, 5) is 12.6. The highest BCUT2D eigenvalue weighted by Crippen LogP contribution is 2.23. The van der Waals surface area contributed by atoms with Gasteiger partial charge in [-0.15, -0.1) is 0 Å². The number of nitrogens with one attached hydrogen (secondary N) is 1. The maximum atomic E-state index is 12.8. The molecule has 2 heterocycles. The fourth-order valence-electron chi connectivity index (χ4n) is 3.37. The zero-order valence-electron chi connectivity index (χ0n) is 15.2. The fraction of sp³-hybridized carbons (Fsp3) is 0.611. The van der Waals surface area contributed by atoms with Crippen LogP contribution in [0.15, 0.2) is 24.3 Å². The van der Waals surface area contributed by atoms with Gasteiger partial charge in [0, 0.05) is 31.9 Å². The molecule has 0 bridgehead atoms. The van der Waals surface area contributed by atoms with Crippen molar-refractivity contribution in [1.29, 1.82) is 0 Å². The van der Waals surface area contributed by atoms with Crippen LogP contribution in [0.25, 0.3) is 0 Å². The van der Waals surface area contributed by atoms with Gasteiger partial charge in [0.15, 0.2) is 0 Å². The Bertz CT molecular complexity index is 714. The van der Waals surface area contributed by atoms with E-state index >= 15 is 0 Å². The Hall–Kier alpha value is -1.48. The van der Waals surface area contributed by atoms with E-state index in [1.807, 2.05) is 24.3 Å². The summed E-state index contributed by atoms with van der Waals surface area (Å²) in [5.74, 6) is -0.443. The number of amides is 1. The molecule has 7 nitrogen and oxygen atoms in total. The SMILES string of the molecule is CCc1ccc(NC(=O)C2CCCN(S(=O)(=O)N3CCOCC3)C2)cc1. The second-order valence-electron chi connectivity index (χ2n) is 6.76. The number of rotatable bonds is 5. The summed E-state index contributed by atoms with van der Waals surface area (Å²) in [6.07, 6.45) is 2.34. The highest BCUT2D eigenvalue weighted by molar-refractivity contribution is 7.86. The minimum atomic E-state index is -3.53. The summed E-state index contributed by atoms with van der Waals surface area (Å²) in [6.45, 7) is 4.38. The van der Waals surface area contributed by atoms with E-state index in [0.717, 1.165) is 12.1 Å². The van der Waals surface area contributed by atoms with Gasteiger partial charge in [-0.1, -0.05) is 19.1 Å². The van der Waals surface area contributed by atoms with Crippen LogP contribution in [0, 0.1) is 5.92 Å². The Balaban J connectivity index is 1.62. The lowest BCUT2D eigenvalue weighted by atomic mass is 9.98. The van der Waals surface area contributed by atoms with Crippen molar-refractivity contribution in [2.45, 2.75) is 26.2 Å². The van der Waals surface area contributed by atoms with Gasteiger partial charge in [-0.05, 0) is 37.0 Å². The van der Waals surface area contributed by atoms with E-state index in [4.69, 9.17) is 4.74 Å². The van der Waals surface area contributed by atoms with Crippen LogP contribution in [0.4, 0.5) is 5.69 Å². The molecule has 2 aliphatic rings. The molecule has 1 amide bonds. The van der Waals surface area contributed by atoms with Gasteiger partial charge in [-0.2, -0.15) is 17.0 Å². The van der Waals surface area contributed by atoms with Crippen molar-refractivity contribution < 1.29 is 17.9 Å². The van der Waals surface area contributed by atoms with Crippen LogP contribution in [0.2, 0.25) is 0 Å². The molecule has 3 rings (SSSR count). The predicted octanol–water partition coefficient (Wildman–Crippen LogP) is 1.48. The van der Waals surface area contributed by atoms with E-state index in [1.165, 1.54) is 14.2 Å². The average molecular weight is 381 g/mol. The molecule has 0 radical (unpaired) electrons. The Morgan fingerprint density at radius 2 is 1.85 bits per heavy atom. The van der Waals surface area contributed by atoms with Crippen LogP contribution in [0.1, 0.15) is 25.3 Å². The van der Waals surface area contributed by atoms with Gasteiger partial charge in [-0.25, -0.2) is 0 Å². The molecule has 2 aliphatic heterocycles. The van der Waals surface area contributed by atoms with E-state index in [-0.39, 0.29) is 18.4 Å². The molecule has 0 aromatic heterocycles. The third kappa shape index (κ3) is 4.43. The van der Waals surface area contributed by atoms with E-state index < -0.39 is 10.2 Å². The molecule has 1 atom stereocenters. The van der Waals surface area contributed by atoms with Gasteiger partial charge in [0.05, 0.1) is 19.1 Å². The molecule has 0 aliphatic carbocycles. The number of aryl methyl sites for hydroxylation is 1.